The fourth-order valence-corrected chi connectivity index (χ4v) is 2.77. The van der Waals surface area contributed by atoms with Gasteiger partial charge in [-0.15, -0.1) is 0 Å². The first kappa shape index (κ1) is 17.5. The van der Waals surface area contributed by atoms with Crippen molar-refractivity contribution in [3.63, 3.8) is 0 Å². The number of rotatable bonds is 3. The van der Waals surface area contributed by atoms with Gasteiger partial charge >= 0.3 is 6.03 Å². The summed E-state index contributed by atoms with van der Waals surface area (Å²) in [7, 11) is 0. The molecule has 0 aromatic heterocycles. The Kier molecular flexibility index (Phi) is 4.67. The fraction of sp³-hybridized carbons (Fsp3) is 0.200. The first-order chi connectivity index (χ1) is 12.4. The van der Waals surface area contributed by atoms with Crippen molar-refractivity contribution >= 4 is 35.4 Å². The molecule has 2 aromatic carbocycles. The van der Waals surface area contributed by atoms with E-state index in [4.69, 9.17) is 0 Å². The zero-order chi connectivity index (χ0) is 18.8. The van der Waals surface area contributed by atoms with E-state index in [1.54, 1.807) is 24.3 Å². The highest BCUT2D eigenvalue weighted by Gasteiger charge is 2.40. The van der Waals surface area contributed by atoms with Crippen molar-refractivity contribution in [3.8, 4) is 0 Å². The van der Waals surface area contributed by atoms with E-state index in [-0.39, 0.29) is 0 Å². The van der Waals surface area contributed by atoms with E-state index in [0.29, 0.717) is 11.4 Å². The molecule has 1 fully saturated rings. The highest BCUT2D eigenvalue weighted by molar-refractivity contribution is 6.32. The maximum atomic E-state index is 12.7. The number of carbonyl (C=O) groups is 3. The van der Waals surface area contributed by atoms with E-state index < -0.39 is 23.8 Å². The number of aliphatic imine (C=N–C) groups is 1. The van der Waals surface area contributed by atoms with Crippen molar-refractivity contribution < 1.29 is 14.4 Å². The predicted octanol–water partition coefficient (Wildman–Crippen LogP) is 3.21. The largest absolute Gasteiger partial charge is 0.335 e. The Morgan fingerprint density at radius 2 is 1.62 bits per heavy atom. The van der Waals surface area contributed by atoms with Gasteiger partial charge in [0.25, 0.3) is 5.91 Å². The quantitative estimate of drug-likeness (QED) is 0.682. The Labute approximate surface area is 151 Å². The maximum absolute atomic E-state index is 12.7. The second-order valence-electron chi connectivity index (χ2n) is 6.35. The third kappa shape index (κ3) is 3.39. The molecule has 0 bridgehead atoms. The van der Waals surface area contributed by atoms with Crippen LogP contribution in [0, 0.1) is 26.7 Å². The van der Waals surface area contributed by atoms with E-state index in [9.17, 15) is 14.4 Å². The molecule has 0 radical (unpaired) electrons. The van der Waals surface area contributed by atoms with Crippen molar-refractivity contribution in [2.75, 3.05) is 4.90 Å². The molecule has 6 heteroatoms. The zero-order valence-electron chi connectivity index (χ0n) is 14.8. The smallest absolute Gasteiger partial charge is 0.276 e. The summed E-state index contributed by atoms with van der Waals surface area (Å²) in [4.78, 5) is 42.3. The Bertz CT molecular complexity index is 916. The van der Waals surface area contributed by atoms with Gasteiger partial charge < -0.3 is 0 Å². The minimum atomic E-state index is -1.16. The lowest BCUT2D eigenvalue weighted by molar-refractivity contribution is -0.131. The lowest BCUT2D eigenvalue weighted by Gasteiger charge is -2.28. The maximum Gasteiger partial charge on any atom is 0.335 e. The van der Waals surface area contributed by atoms with Gasteiger partial charge in [0, 0.05) is 6.21 Å². The molecule has 1 aliphatic heterocycles. The third-order valence-electron chi connectivity index (χ3n) is 4.21. The van der Waals surface area contributed by atoms with Crippen molar-refractivity contribution in [1.29, 1.82) is 0 Å². The summed E-state index contributed by atoms with van der Waals surface area (Å²) >= 11 is 0. The average Bonchev–Trinajstić information content (AvgIpc) is 2.57. The third-order valence-corrected chi connectivity index (χ3v) is 4.21. The molecule has 1 N–H and O–H groups in total. The van der Waals surface area contributed by atoms with Crippen LogP contribution >= 0.6 is 0 Å². The van der Waals surface area contributed by atoms with Crippen molar-refractivity contribution in [1.82, 2.24) is 5.32 Å². The molecule has 1 aliphatic rings. The van der Waals surface area contributed by atoms with Crippen LogP contribution in [-0.2, 0) is 9.59 Å². The minimum absolute atomic E-state index is 0.413. The summed E-state index contributed by atoms with van der Waals surface area (Å²) < 4.78 is 0. The number of hydrogen-bond donors (Lipinski definition) is 1. The van der Waals surface area contributed by atoms with Gasteiger partial charge in [-0.1, -0.05) is 35.4 Å². The van der Waals surface area contributed by atoms with Gasteiger partial charge in [-0.3, -0.25) is 19.9 Å². The molecular weight excluding hydrogens is 330 g/mol. The van der Waals surface area contributed by atoms with Crippen LogP contribution in [0.15, 0.2) is 47.5 Å². The molecule has 1 atom stereocenters. The summed E-state index contributed by atoms with van der Waals surface area (Å²) in [5.74, 6) is -2.44. The molecule has 0 saturated carbocycles. The summed E-state index contributed by atoms with van der Waals surface area (Å²) in [6, 6.07) is 11.9. The summed E-state index contributed by atoms with van der Waals surface area (Å²) in [6.07, 6.45) is 1.29. The summed E-state index contributed by atoms with van der Waals surface area (Å²) in [6.45, 7) is 5.79. The molecule has 3 rings (SSSR count). The normalized spacial score (nSPS) is 17.7. The van der Waals surface area contributed by atoms with Crippen LogP contribution in [0.3, 0.4) is 0 Å². The Hall–Kier alpha value is -3.28. The van der Waals surface area contributed by atoms with Crippen LogP contribution in [0.1, 0.15) is 16.7 Å². The number of barbiturate groups is 1. The molecule has 132 valence electrons. The van der Waals surface area contributed by atoms with E-state index in [1.165, 1.54) is 6.21 Å². The second kappa shape index (κ2) is 6.92. The number of nitrogens with one attached hydrogen (secondary N) is 1. The SMILES string of the molecule is Cc1ccc(N2C(=O)NC(=O)[C@H](C=Nc3ccc(C)cc3C)C2=O)cc1. The molecule has 0 spiro atoms. The standard InChI is InChI=1S/C20H19N3O3/c1-12-4-7-15(8-5-12)23-19(25)16(18(24)22-20(23)26)11-21-17-9-6-13(2)10-14(17)3/h4-11,16H,1-3H3,(H,22,24,26)/t16-/m0/s1. The van der Waals surface area contributed by atoms with Crippen LogP contribution in [0.5, 0.6) is 0 Å². The van der Waals surface area contributed by atoms with Crippen LogP contribution in [0.25, 0.3) is 0 Å². The fourth-order valence-electron chi connectivity index (χ4n) is 2.77. The second-order valence-corrected chi connectivity index (χ2v) is 6.35. The van der Waals surface area contributed by atoms with E-state index in [2.05, 4.69) is 10.3 Å². The van der Waals surface area contributed by atoms with E-state index in [0.717, 1.165) is 21.6 Å². The lowest BCUT2D eigenvalue weighted by Crippen LogP contribution is -2.58. The molecule has 1 heterocycles. The Morgan fingerprint density at radius 3 is 2.27 bits per heavy atom. The number of anilines is 1. The molecular formula is C20H19N3O3. The number of urea groups is 1. The summed E-state index contributed by atoms with van der Waals surface area (Å²) in [5, 5.41) is 2.22. The monoisotopic (exact) mass is 349 g/mol. The van der Waals surface area contributed by atoms with E-state index in [1.807, 2.05) is 39.0 Å². The number of carbonyl (C=O) groups excluding carboxylic acids is 3. The minimum Gasteiger partial charge on any atom is -0.276 e. The van der Waals surface area contributed by atoms with Crippen molar-refractivity contribution in [2.24, 2.45) is 10.9 Å². The summed E-state index contributed by atoms with van der Waals surface area (Å²) in [5.41, 5.74) is 4.13. The average molecular weight is 349 g/mol. The molecule has 0 aliphatic carbocycles. The molecule has 26 heavy (non-hydrogen) atoms. The number of benzene rings is 2. The van der Waals surface area contributed by atoms with Crippen molar-refractivity contribution in [2.45, 2.75) is 20.8 Å². The number of amides is 4. The van der Waals surface area contributed by atoms with Crippen LogP contribution in [0.4, 0.5) is 16.2 Å². The molecule has 2 aromatic rings. The molecule has 1 saturated heterocycles. The highest BCUT2D eigenvalue weighted by Crippen LogP contribution is 2.23. The van der Waals surface area contributed by atoms with Gasteiger partial charge in [0.2, 0.25) is 5.91 Å². The molecule has 0 unspecified atom stereocenters. The van der Waals surface area contributed by atoms with Gasteiger partial charge in [0.05, 0.1) is 11.4 Å². The van der Waals surface area contributed by atoms with Gasteiger partial charge in [-0.05, 0) is 44.5 Å². The number of nitrogens with zero attached hydrogens (tertiary/aromatic N) is 2. The first-order valence-corrected chi connectivity index (χ1v) is 8.24. The lowest BCUT2D eigenvalue weighted by atomic mass is 10.1. The van der Waals surface area contributed by atoms with E-state index >= 15 is 0 Å². The number of aryl methyl sites for hydroxylation is 3. The number of hydrogen-bond acceptors (Lipinski definition) is 4. The van der Waals surface area contributed by atoms with Crippen LogP contribution < -0.4 is 10.2 Å². The first-order valence-electron chi connectivity index (χ1n) is 8.24. The predicted molar refractivity (Wildman–Crippen MR) is 99.8 cm³/mol. The van der Waals surface area contributed by atoms with Gasteiger partial charge in [0.1, 0.15) is 0 Å². The van der Waals surface area contributed by atoms with Crippen LogP contribution in [-0.4, -0.2) is 24.1 Å². The van der Waals surface area contributed by atoms with Crippen LogP contribution in [0.2, 0.25) is 0 Å². The van der Waals surface area contributed by atoms with Gasteiger partial charge in [-0.2, -0.15) is 0 Å². The highest BCUT2D eigenvalue weighted by atomic mass is 16.2. The molecule has 4 amide bonds. The topological polar surface area (TPSA) is 78.8 Å². The number of imide groups is 2. The van der Waals surface area contributed by atoms with Gasteiger partial charge in [-0.25, -0.2) is 9.69 Å². The Balaban J connectivity index is 1.90. The van der Waals surface area contributed by atoms with Crippen molar-refractivity contribution in [3.05, 3.63) is 59.2 Å². The van der Waals surface area contributed by atoms with Gasteiger partial charge in [0.15, 0.2) is 5.92 Å². The molecule has 6 nitrogen and oxygen atoms in total. The zero-order valence-corrected chi connectivity index (χ0v) is 14.8. The Morgan fingerprint density at radius 1 is 0.962 bits per heavy atom.